The maximum atomic E-state index is 13.1. The van der Waals surface area contributed by atoms with E-state index >= 15 is 0 Å². The molecule has 9 heteroatoms. The molecule has 1 aromatic carbocycles. The summed E-state index contributed by atoms with van der Waals surface area (Å²) in [5, 5.41) is 6.61. The molecule has 2 aromatic rings. The molecule has 30 heavy (non-hydrogen) atoms. The number of halogens is 3. The lowest BCUT2D eigenvalue weighted by Crippen LogP contribution is -2.48. The number of carbonyl (C=O) groups excluding carboxylic acids is 1. The Morgan fingerprint density at radius 1 is 0.967 bits per heavy atom. The van der Waals surface area contributed by atoms with Crippen LogP contribution in [0.15, 0.2) is 42.7 Å². The van der Waals surface area contributed by atoms with Crippen LogP contribution < -0.4 is 5.32 Å². The zero-order chi connectivity index (χ0) is 21.4. The van der Waals surface area contributed by atoms with E-state index in [1.54, 1.807) is 6.20 Å². The van der Waals surface area contributed by atoms with Crippen molar-refractivity contribution in [3.63, 3.8) is 0 Å². The number of hydrogen-bond acceptors (Lipinski definition) is 4. The number of alkyl halides is 3. The lowest BCUT2D eigenvalue weighted by molar-refractivity contribution is -0.137. The molecule has 1 aromatic heterocycles. The monoisotopic (exact) mass is 423 g/mol. The molecule has 0 aliphatic carbocycles. The molecule has 1 saturated heterocycles. The third-order valence-corrected chi connectivity index (χ3v) is 5.26. The Morgan fingerprint density at radius 2 is 1.67 bits per heavy atom. The Bertz CT molecular complexity index is 786. The van der Waals surface area contributed by atoms with Crippen molar-refractivity contribution in [2.45, 2.75) is 32.0 Å². The number of anilines is 1. The van der Waals surface area contributed by atoms with Crippen LogP contribution in [0.4, 0.5) is 18.9 Å². The Kier molecular flexibility index (Phi) is 7.87. The zero-order valence-corrected chi connectivity index (χ0v) is 16.9. The van der Waals surface area contributed by atoms with Gasteiger partial charge in [-0.25, -0.2) is 0 Å². The largest absolute Gasteiger partial charge is 0.418 e. The van der Waals surface area contributed by atoms with Crippen LogP contribution in [-0.4, -0.2) is 64.8 Å². The highest BCUT2D eigenvalue weighted by Crippen LogP contribution is 2.34. The van der Waals surface area contributed by atoms with Crippen LogP contribution in [0.25, 0.3) is 0 Å². The molecular formula is C21H28F3N5O. The SMILES string of the molecule is O=C(CN1CCN(CCCCCn2cccn2)CC1)Nc1ccccc1C(F)(F)F. The van der Waals surface area contributed by atoms with E-state index in [-0.39, 0.29) is 12.2 Å². The number of nitrogens with one attached hydrogen (secondary N) is 1. The van der Waals surface area contributed by atoms with Crippen LogP contribution in [0.3, 0.4) is 0 Å². The third-order valence-electron chi connectivity index (χ3n) is 5.26. The molecule has 0 spiro atoms. The van der Waals surface area contributed by atoms with Gasteiger partial charge in [0.1, 0.15) is 0 Å². The van der Waals surface area contributed by atoms with Gasteiger partial charge in [-0.2, -0.15) is 18.3 Å². The second-order valence-corrected chi connectivity index (χ2v) is 7.54. The number of unbranched alkanes of at least 4 members (excludes halogenated alkanes) is 2. The topological polar surface area (TPSA) is 53.4 Å². The average molecular weight is 423 g/mol. The molecule has 1 fully saturated rings. The van der Waals surface area contributed by atoms with Gasteiger partial charge in [-0.1, -0.05) is 18.6 Å². The van der Waals surface area contributed by atoms with Gasteiger partial charge in [0.15, 0.2) is 0 Å². The van der Waals surface area contributed by atoms with Crippen molar-refractivity contribution in [1.82, 2.24) is 19.6 Å². The van der Waals surface area contributed by atoms with Gasteiger partial charge in [-0.3, -0.25) is 14.4 Å². The van der Waals surface area contributed by atoms with E-state index in [0.717, 1.165) is 64.6 Å². The van der Waals surface area contributed by atoms with E-state index in [0.29, 0.717) is 0 Å². The van der Waals surface area contributed by atoms with Gasteiger partial charge >= 0.3 is 6.18 Å². The number of carbonyl (C=O) groups is 1. The van der Waals surface area contributed by atoms with Crippen molar-refractivity contribution < 1.29 is 18.0 Å². The van der Waals surface area contributed by atoms with Crippen molar-refractivity contribution in [2.75, 3.05) is 44.6 Å². The lowest BCUT2D eigenvalue weighted by atomic mass is 10.1. The van der Waals surface area contributed by atoms with Crippen molar-refractivity contribution in [3.05, 3.63) is 48.3 Å². The van der Waals surface area contributed by atoms with Crippen LogP contribution in [-0.2, 0) is 17.5 Å². The molecule has 0 atom stereocenters. The van der Waals surface area contributed by atoms with Gasteiger partial charge in [0.05, 0.1) is 17.8 Å². The molecule has 0 radical (unpaired) electrons. The first-order valence-corrected chi connectivity index (χ1v) is 10.3. The summed E-state index contributed by atoms with van der Waals surface area (Å²) >= 11 is 0. The summed E-state index contributed by atoms with van der Waals surface area (Å²) in [5.41, 5.74) is -1.01. The molecule has 3 rings (SSSR count). The first-order valence-electron chi connectivity index (χ1n) is 10.3. The van der Waals surface area contributed by atoms with Gasteiger partial charge in [-0.15, -0.1) is 0 Å². The summed E-state index contributed by atoms with van der Waals surface area (Å²) in [5.74, 6) is -0.418. The summed E-state index contributed by atoms with van der Waals surface area (Å²) in [4.78, 5) is 16.6. The first kappa shape index (κ1) is 22.3. The Balaban J connectivity index is 1.33. The van der Waals surface area contributed by atoms with Crippen LogP contribution in [0, 0.1) is 0 Å². The predicted molar refractivity (Wildman–Crippen MR) is 109 cm³/mol. The summed E-state index contributed by atoms with van der Waals surface area (Å²) in [6.07, 6.45) is 2.62. The van der Waals surface area contributed by atoms with E-state index in [2.05, 4.69) is 15.3 Å². The summed E-state index contributed by atoms with van der Waals surface area (Å²) in [7, 11) is 0. The van der Waals surface area contributed by atoms with Crippen LogP contribution in [0.5, 0.6) is 0 Å². The highest BCUT2D eigenvalue weighted by molar-refractivity contribution is 5.93. The number of benzene rings is 1. The molecule has 164 valence electrons. The quantitative estimate of drug-likeness (QED) is 0.629. The predicted octanol–water partition coefficient (Wildman–Crippen LogP) is 3.33. The number of nitrogens with zero attached hydrogens (tertiary/aromatic N) is 4. The Morgan fingerprint density at radius 3 is 2.37 bits per heavy atom. The fraction of sp³-hybridized carbons (Fsp3) is 0.524. The number of aromatic nitrogens is 2. The minimum absolute atomic E-state index is 0.101. The smallest absolute Gasteiger partial charge is 0.324 e. The molecule has 0 unspecified atom stereocenters. The highest BCUT2D eigenvalue weighted by atomic mass is 19.4. The van der Waals surface area contributed by atoms with Gasteiger partial charge in [0.2, 0.25) is 5.91 Å². The maximum Gasteiger partial charge on any atom is 0.418 e. The summed E-state index contributed by atoms with van der Waals surface area (Å²) < 4.78 is 41.1. The van der Waals surface area contributed by atoms with Gasteiger partial charge in [0.25, 0.3) is 0 Å². The van der Waals surface area contributed by atoms with Crippen molar-refractivity contribution >= 4 is 11.6 Å². The molecule has 0 saturated carbocycles. The first-order chi connectivity index (χ1) is 14.4. The van der Waals surface area contributed by atoms with Gasteiger partial charge in [-0.05, 0) is 37.6 Å². The minimum Gasteiger partial charge on any atom is -0.324 e. The standard InChI is InChI=1S/C21H28F3N5O/c22-21(23,24)18-7-2-3-8-19(18)26-20(30)17-28-15-13-27(14-16-28)10-4-1-5-11-29-12-6-9-25-29/h2-3,6-9,12H,1,4-5,10-11,13-17H2,(H,26,30). The molecule has 1 amide bonds. The number of rotatable bonds is 9. The highest BCUT2D eigenvalue weighted by Gasteiger charge is 2.33. The van der Waals surface area contributed by atoms with Crippen LogP contribution in [0.2, 0.25) is 0 Å². The molecule has 2 heterocycles. The van der Waals surface area contributed by atoms with Gasteiger partial charge in [0, 0.05) is 45.1 Å². The molecule has 0 bridgehead atoms. The molecular weight excluding hydrogens is 395 g/mol. The minimum atomic E-state index is -4.49. The number of hydrogen-bond donors (Lipinski definition) is 1. The van der Waals surface area contributed by atoms with E-state index in [1.165, 1.54) is 18.2 Å². The number of amides is 1. The van der Waals surface area contributed by atoms with E-state index < -0.39 is 17.6 Å². The normalized spacial score (nSPS) is 16.0. The fourth-order valence-corrected chi connectivity index (χ4v) is 3.62. The number of aryl methyl sites for hydroxylation is 1. The van der Waals surface area contributed by atoms with E-state index in [4.69, 9.17) is 0 Å². The third kappa shape index (κ3) is 6.84. The Hall–Kier alpha value is -2.39. The van der Waals surface area contributed by atoms with Crippen LogP contribution in [0.1, 0.15) is 24.8 Å². The van der Waals surface area contributed by atoms with Crippen molar-refractivity contribution in [2.24, 2.45) is 0 Å². The summed E-state index contributed by atoms with van der Waals surface area (Å²) in [6, 6.07) is 6.98. The Labute approximate surface area is 174 Å². The van der Waals surface area contributed by atoms with Crippen molar-refractivity contribution in [1.29, 1.82) is 0 Å². The van der Waals surface area contributed by atoms with Gasteiger partial charge < -0.3 is 10.2 Å². The average Bonchev–Trinajstić information content (AvgIpc) is 3.22. The van der Waals surface area contributed by atoms with Crippen molar-refractivity contribution in [3.8, 4) is 0 Å². The van der Waals surface area contributed by atoms with Crippen LogP contribution >= 0.6 is 0 Å². The second kappa shape index (κ2) is 10.6. The summed E-state index contributed by atoms with van der Waals surface area (Å²) in [6.45, 7) is 5.27. The molecule has 1 N–H and O–H groups in total. The zero-order valence-electron chi connectivity index (χ0n) is 16.9. The second-order valence-electron chi connectivity index (χ2n) is 7.54. The van der Waals surface area contributed by atoms with E-state index in [1.807, 2.05) is 21.8 Å². The van der Waals surface area contributed by atoms with E-state index in [9.17, 15) is 18.0 Å². The fourth-order valence-electron chi connectivity index (χ4n) is 3.62. The number of piperazine rings is 1. The molecule has 1 aliphatic rings. The maximum absolute atomic E-state index is 13.1. The number of para-hydroxylation sites is 1. The molecule has 1 aliphatic heterocycles. The lowest BCUT2D eigenvalue weighted by Gasteiger charge is -2.34. The molecule has 6 nitrogen and oxygen atoms in total.